The first-order chi connectivity index (χ1) is 10.1. The largest absolute Gasteiger partial charge is 0.335 e. The normalized spacial score (nSPS) is 16.9. The van der Waals surface area contributed by atoms with E-state index in [1.165, 1.54) is 0 Å². The predicted molar refractivity (Wildman–Crippen MR) is 86.1 cm³/mol. The van der Waals surface area contributed by atoms with E-state index in [1.54, 1.807) is 0 Å². The number of amides is 2. The van der Waals surface area contributed by atoms with Crippen molar-refractivity contribution in [2.75, 3.05) is 19.6 Å². The number of nitrogens with one attached hydrogen (secondary N) is 2. The first kappa shape index (κ1) is 15.8. The Bertz CT molecular complexity index is 425. The second kappa shape index (κ2) is 8.03. The smallest absolute Gasteiger partial charge is 0.315 e. The highest BCUT2D eigenvalue weighted by Crippen LogP contribution is 2.12. The number of nitrogens with zero attached hydrogens (tertiary/aromatic N) is 1. The Hall–Kier alpha value is -1.55. The molecule has 1 aromatic carbocycles. The molecule has 2 amide bonds. The van der Waals surface area contributed by atoms with Crippen LogP contribution in [0.1, 0.15) is 32.3 Å². The molecule has 1 aliphatic rings. The predicted octanol–water partition coefficient (Wildman–Crippen LogP) is 2.61. The third-order valence-electron chi connectivity index (χ3n) is 3.84. The molecule has 1 aliphatic heterocycles. The molecule has 0 spiro atoms. The number of urea groups is 1. The fourth-order valence-electron chi connectivity index (χ4n) is 2.79. The van der Waals surface area contributed by atoms with Crippen molar-refractivity contribution in [3.05, 3.63) is 35.9 Å². The molecule has 1 fully saturated rings. The average Bonchev–Trinajstić information content (AvgIpc) is 2.48. The zero-order valence-corrected chi connectivity index (χ0v) is 13.1. The maximum Gasteiger partial charge on any atom is 0.315 e. The number of carbonyl (C=O) groups excluding carboxylic acids is 1. The van der Waals surface area contributed by atoms with Gasteiger partial charge in [-0.1, -0.05) is 44.2 Å². The summed E-state index contributed by atoms with van der Waals surface area (Å²) in [5, 5.41) is 6.01. The molecule has 4 nitrogen and oxygen atoms in total. The molecule has 21 heavy (non-hydrogen) atoms. The van der Waals surface area contributed by atoms with Gasteiger partial charge in [-0.05, 0) is 24.3 Å². The van der Waals surface area contributed by atoms with E-state index in [9.17, 15) is 4.79 Å². The minimum Gasteiger partial charge on any atom is -0.335 e. The van der Waals surface area contributed by atoms with Gasteiger partial charge in [0.15, 0.2) is 0 Å². The Kier molecular flexibility index (Phi) is 6.05. The molecule has 0 aromatic heterocycles. The van der Waals surface area contributed by atoms with Gasteiger partial charge in [0.25, 0.3) is 0 Å². The van der Waals surface area contributed by atoms with Gasteiger partial charge in [-0.15, -0.1) is 0 Å². The molecule has 1 heterocycles. The number of carbonyl (C=O) groups is 1. The number of hydrogen-bond donors (Lipinski definition) is 2. The Morgan fingerprint density at radius 1 is 1.24 bits per heavy atom. The SMILES string of the molecule is CC(C)CN1CCC(NC(=O)NCc2ccccc2)CC1. The van der Waals surface area contributed by atoms with Gasteiger partial charge in [0, 0.05) is 32.2 Å². The van der Waals surface area contributed by atoms with Crippen LogP contribution in [0.2, 0.25) is 0 Å². The maximum absolute atomic E-state index is 11.9. The van der Waals surface area contributed by atoms with Crippen molar-refractivity contribution in [2.24, 2.45) is 5.92 Å². The number of likely N-dealkylation sites (tertiary alicyclic amines) is 1. The molecular weight excluding hydrogens is 262 g/mol. The van der Waals surface area contributed by atoms with Gasteiger partial charge >= 0.3 is 6.03 Å². The summed E-state index contributed by atoms with van der Waals surface area (Å²) >= 11 is 0. The lowest BCUT2D eigenvalue weighted by atomic mass is 10.0. The van der Waals surface area contributed by atoms with Gasteiger partial charge in [0.2, 0.25) is 0 Å². The number of piperidine rings is 1. The van der Waals surface area contributed by atoms with Crippen LogP contribution in [0.3, 0.4) is 0 Å². The van der Waals surface area contributed by atoms with Crippen LogP contribution in [0.4, 0.5) is 4.79 Å². The van der Waals surface area contributed by atoms with Crippen LogP contribution in [-0.4, -0.2) is 36.6 Å². The van der Waals surface area contributed by atoms with Crippen molar-refractivity contribution >= 4 is 6.03 Å². The van der Waals surface area contributed by atoms with Crippen molar-refractivity contribution in [1.82, 2.24) is 15.5 Å². The summed E-state index contributed by atoms with van der Waals surface area (Å²) in [4.78, 5) is 14.4. The van der Waals surface area contributed by atoms with Gasteiger partial charge in [-0.3, -0.25) is 0 Å². The van der Waals surface area contributed by atoms with Gasteiger partial charge < -0.3 is 15.5 Å². The van der Waals surface area contributed by atoms with Gasteiger partial charge in [-0.2, -0.15) is 0 Å². The Balaban J connectivity index is 1.65. The molecule has 4 heteroatoms. The summed E-state index contributed by atoms with van der Waals surface area (Å²) in [7, 11) is 0. The second-order valence-electron chi connectivity index (χ2n) is 6.28. The van der Waals surface area contributed by atoms with Crippen LogP contribution < -0.4 is 10.6 Å². The highest BCUT2D eigenvalue weighted by Gasteiger charge is 2.20. The van der Waals surface area contributed by atoms with Crippen molar-refractivity contribution < 1.29 is 4.79 Å². The average molecular weight is 289 g/mol. The van der Waals surface area contributed by atoms with Crippen LogP contribution in [0.5, 0.6) is 0 Å². The summed E-state index contributed by atoms with van der Waals surface area (Å²) in [6.45, 7) is 8.41. The maximum atomic E-state index is 11.9. The lowest BCUT2D eigenvalue weighted by Gasteiger charge is -2.33. The van der Waals surface area contributed by atoms with E-state index in [1.807, 2.05) is 30.3 Å². The van der Waals surface area contributed by atoms with E-state index in [4.69, 9.17) is 0 Å². The van der Waals surface area contributed by atoms with E-state index in [2.05, 4.69) is 29.4 Å². The van der Waals surface area contributed by atoms with Gasteiger partial charge in [0.05, 0.1) is 0 Å². The first-order valence-electron chi connectivity index (χ1n) is 7.94. The Labute approximate surface area is 127 Å². The van der Waals surface area contributed by atoms with Gasteiger partial charge in [0.1, 0.15) is 0 Å². The number of rotatable bonds is 5. The highest BCUT2D eigenvalue weighted by atomic mass is 16.2. The minimum atomic E-state index is -0.0545. The molecule has 2 N–H and O–H groups in total. The molecule has 1 aromatic rings. The lowest BCUT2D eigenvalue weighted by molar-refractivity contribution is 0.178. The van der Waals surface area contributed by atoms with Gasteiger partial charge in [-0.25, -0.2) is 4.79 Å². The fraction of sp³-hybridized carbons (Fsp3) is 0.588. The molecule has 0 radical (unpaired) electrons. The van der Waals surface area contributed by atoms with E-state index in [0.29, 0.717) is 18.5 Å². The molecule has 1 saturated heterocycles. The monoisotopic (exact) mass is 289 g/mol. The van der Waals surface area contributed by atoms with Crippen LogP contribution in [0.25, 0.3) is 0 Å². The number of benzene rings is 1. The summed E-state index contributed by atoms with van der Waals surface area (Å²) in [6, 6.07) is 10.2. The Morgan fingerprint density at radius 2 is 1.90 bits per heavy atom. The second-order valence-corrected chi connectivity index (χ2v) is 6.28. The lowest BCUT2D eigenvalue weighted by Crippen LogP contribution is -2.48. The molecule has 0 bridgehead atoms. The molecule has 0 unspecified atom stereocenters. The minimum absolute atomic E-state index is 0.0545. The third-order valence-corrected chi connectivity index (χ3v) is 3.84. The van der Waals surface area contributed by atoms with Crippen LogP contribution in [0, 0.1) is 5.92 Å². The van der Waals surface area contributed by atoms with Crippen LogP contribution in [0.15, 0.2) is 30.3 Å². The highest BCUT2D eigenvalue weighted by molar-refractivity contribution is 5.74. The quantitative estimate of drug-likeness (QED) is 0.875. The summed E-state index contributed by atoms with van der Waals surface area (Å²) < 4.78 is 0. The van der Waals surface area contributed by atoms with Crippen LogP contribution >= 0.6 is 0 Å². The topological polar surface area (TPSA) is 44.4 Å². The summed E-state index contributed by atoms with van der Waals surface area (Å²) in [5.74, 6) is 0.712. The number of hydrogen-bond acceptors (Lipinski definition) is 2. The molecule has 0 saturated carbocycles. The van der Waals surface area contributed by atoms with E-state index >= 15 is 0 Å². The Morgan fingerprint density at radius 3 is 2.52 bits per heavy atom. The molecule has 0 aliphatic carbocycles. The zero-order valence-electron chi connectivity index (χ0n) is 13.1. The van der Waals surface area contributed by atoms with Crippen molar-refractivity contribution in [3.8, 4) is 0 Å². The van der Waals surface area contributed by atoms with Crippen molar-refractivity contribution in [2.45, 2.75) is 39.3 Å². The molecule has 2 rings (SSSR count). The fourth-order valence-corrected chi connectivity index (χ4v) is 2.79. The summed E-state index contributed by atoms with van der Waals surface area (Å²) in [5.41, 5.74) is 1.12. The van der Waals surface area contributed by atoms with Crippen molar-refractivity contribution in [3.63, 3.8) is 0 Å². The van der Waals surface area contributed by atoms with Crippen molar-refractivity contribution in [1.29, 1.82) is 0 Å². The van der Waals surface area contributed by atoms with E-state index < -0.39 is 0 Å². The van der Waals surface area contributed by atoms with E-state index in [-0.39, 0.29) is 6.03 Å². The third kappa shape index (κ3) is 5.76. The zero-order chi connectivity index (χ0) is 15.1. The summed E-state index contributed by atoms with van der Waals surface area (Å²) in [6.07, 6.45) is 2.09. The van der Waals surface area contributed by atoms with E-state index in [0.717, 1.165) is 38.0 Å². The standard InChI is InChI=1S/C17H27N3O/c1-14(2)13-20-10-8-16(9-11-20)19-17(21)18-12-15-6-4-3-5-7-15/h3-7,14,16H,8-13H2,1-2H3,(H2,18,19,21). The van der Waals surface area contributed by atoms with Crippen LogP contribution in [-0.2, 0) is 6.54 Å². The molecular formula is C17H27N3O. The molecule has 116 valence electrons. The first-order valence-corrected chi connectivity index (χ1v) is 7.94. The molecule has 0 atom stereocenters.